The average Bonchev–Trinajstić information content (AvgIpc) is 2.45. The van der Waals surface area contributed by atoms with Crippen LogP contribution in [0.25, 0.3) is 0 Å². The first-order valence-electron chi connectivity index (χ1n) is 5.84. The summed E-state index contributed by atoms with van der Waals surface area (Å²) in [5.74, 6) is -0.221. The number of hydrazone groups is 1. The second-order valence-electron chi connectivity index (χ2n) is 4.15. The Kier molecular flexibility index (Phi) is 4.98. The molecule has 0 spiro atoms. The quantitative estimate of drug-likeness (QED) is 0.410. The third-order valence-electron chi connectivity index (χ3n) is 2.59. The van der Waals surface area contributed by atoms with E-state index in [4.69, 9.17) is 5.73 Å². The summed E-state index contributed by atoms with van der Waals surface area (Å²) in [5, 5.41) is 13.5. The summed E-state index contributed by atoms with van der Waals surface area (Å²) < 4.78 is 1.06. The second-order valence-corrected chi connectivity index (χ2v) is 5.86. The SMILES string of the molecule is Nc1ccc(C(=O)N/N=C\c2cc(Br)c(O)c(Br)c2)cc1. The number of nitrogens with zero attached hydrogens (tertiary/aromatic N) is 1. The normalized spacial score (nSPS) is 10.8. The molecule has 0 unspecified atom stereocenters. The maximum Gasteiger partial charge on any atom is 0.271 e. The molecular weight excluding hydrogens is 402 g/mol. The van der Waals surface area contributed by atoms with Crippen molar-refractivity contribution in [3.8, 4) is 5.75 Å². The lowest BCUT2D eigenvalue weighted by Crippen LogP contribution is -2.17. The average molecular weight is 413 g/mol. The molecule has 0 aliphatic carbocycles. The molecule has 21 heavy (non-hydrogen) atoms. The molecule has 0 saturated heterocycles. The van der Waals surface area contributed by atoms with E-state index in [9.17, 15) is 9.90 Å². The van der Waals surface area contributed by atoms with E-state index in [2.05, 4.69) is 42.4 Å². The highest BCUT2D eigenvalue weighted by molar-refractivity contribution is 9.11. The summed E-state index contributed by atoms with van der Waals surface area (Å²) in [6, 6.07) is 9.89. The Balaban J connectivity index is 2.05. The van der Waals surface area contributed by atoms with Gasteiger partial charge in [0.15, 0.2) is 0 Å². The van der Waals surface area contributed by atoms with Crippen molar-refractivity contribution in [3.63, 3.8) is 0 Å². The Bertz CT molecular complexity index is 677. The number of benzene rings is 2. The van der Waals surface area contributed by atoms with Crippen LogP contribution in [-0.2, 0) is 0 Å². The van der Waals surface area contributed by atoms with Gasteiger partial charge in [-0.3, -0.25) is 4.79 Å². The van der Waals surface area contributed by atoms with Gasteiger partial charge in [0.2, 0.25) is 0 Å². The molecule has 0 aliphatic heterocycles. The molecule has 0 heterocycles. The zero-order valence-electron chi connectivity index (χ0n) is 10.7. The van der Waals surface area contributed by atoms with Gasteiger partial charge in [0.25, 0.3) is 5.91 Å². The Morgan fingerprint density at radius 2 is 1.76 bits per heavy atom. The fourth-order valence-corrected chi connectivity index (χ4v) is 2.75. The van der Waals surface area contributed by atoms with Crippen molar-refractivity contribution in [2.24, 2.45) is 5.10 Å². The number of hydrogen-bond acceptors (Lipinski definition) is 4. The van der Waals surface area contributed by atoms with Gasteiger partial charge in [-0.15, -0.1) is 0 Å². The number of nitrogen functional groups attached to an aromatic ring is 1. The molecule has 7 heteroatoms. The standard InChI is InChI=1S/C14H11Br2N3O2/c15-11-5-8(6-12(16)13(11)20)7-18-19-14(21)9-1-3-10(17)4-2-9/h1-7,20H,17H2,(H,19,21)/b18-7-. The van der Waals surface area contributed by atoms with Crippen molar-refractivity contribution >= 4 is 49.7 Å². The minimum atomic E-state index is -0.330. The van der Waals surface area contributed by atoms with Gasteiger partial charge in [0.05, 0.1) is 15.2 Å². The maximum absolute atomic E-state index is 11.8. The van der Waals surface area contributed by atoms with Crippen molar-refractivity contribution in [2.45, 2.75) is 0 Å². The predicted molar refractivity (Wildman–Crippen MR) is 89.4 cm³/mol. The van der Waals surface area contributed by atoms with Gasteiger partial charge >= 0.3 is 0 Å². The van der Waals surface area contributed by atoms with Crippen LogP contribution in [0.1, 0.15) is 15.9 Å². The van der Waals surface area contributed by atoms with Gasteiger partial charge in [-0.1, -0.05) is 0 Å². The van der Waals surface area contributed by atoms with Crippen molar-refractivity contribution in [2.75, 3.05) is 5.73 Å². The topological polar surface area (TPSA) is 87.7 Å². The Morgan fingerprint density at radius 1 is 1.19 bits per heavy atom. The van der Waals surface area contributed by atoms with Crippen molar-refractivity contribution in [1.82, 2.24) is 5.43 Å². The summed E-state index contributed by atoms with van der Waals surface area (Å²) in [6.07, 6.45) is 1.48. The Hall–Kier alpha value is -1.86. The van der Waals surface area contributed by atoms with E-state index >= 15 is 0 Å². The summed E-state index contributed by atoms with van der Waals surface area (Å²) in [7, 11) is 0. The summed E-state index contributed by atoms with van der Waals surface area (Å²) in [4.78, 5) is 11.8. The number of rotatable bonds is 3. The van der Waals surface area contributed by atoms with Crippen LogP contribution in [0.3, 0.4) is 0 Å². The number of phenolic OH excluding ortho intramolecular Hbond substituents is 1. The van der Waals surface area contributed by atoms with E-state index in [0.717, 1.165) is 0 Å². The Morgan fingerprint density at radius 3 is 2.33 bits per heavy atom. The minimum absolute atomic E-state index is 0.109. The molecule has 0 aromatic heterocycles. The number of carbonyl (C=O) groups is 1. The lowest BCUT2D eigenvalue weighted by atomic mass is 10.2. The fourth-order valence-electron chi connectivity index (χ4n) is 1.52. The molecule has 0 bridgehead atoms. The molecule has 4 N–H and O–H groups in total. The molecule has 0 aliphatic rings. The number of amides is 1. The molecule has 0 fully saturated rings. The third-order valence-corrected chi connectivity index (χ3v) is 3.80. The lowest BCUT2D eigenvalue weighted by Gasteiger charge is -2.02. The van der Waals surface area contributed by atoms with E-state index in [1.165, 1.54) is 6.21 Å². The number of phenols is 1. The van der Waals surface area contributed by atoms with E-state index in [-0.39, 0.29) is 11.7 Å². The fraction of sp³-hybridized carbons (Fsp3) is 0. The van der Waals surface area contributed by atoms with Crippen molar-refractivity contribution in [1.29, 1.82) is 0 Å². The molecule has 2 aromatic carbocycles. The predicted octanol–water partition coefficient (Wildman–Crippen LogP) is 3.26. The van der Waals surface area contributed by atoms with Gasteiger partial charge < -0.3 is 10.8 Å². The number of nitrogens with one attached hydrogen (secondary N) is 1. The molecule has 1 amide bonds. The van der Waals surface area contributed by atoms with Crippen molar-refractivity contribution < 1.29 is 9.90 Å². The smallest absolute Gasteiger partial charge is 0.271 e. The van der Waals surface area contributed by atoms with Crippen LogP contribution < -0.4 is 11.2 Å². The number of anilines is 1. The van der Waals surface area contributed by atoms with Crippen LogP contribution in [0.5, 0.6) is 5.75 Å². The van der Waals surface area contributed by atoms with Gasteiger partial charge in [0, 0.05) is 11.3 Å². The number of aromatic hydroxyl groups is 1. The van der Waals surface area contributed by atoms with E-state index < -0.39 is 0 Å². The molecule has 5 nitrogen and oxygen atoms in total. The lowest BCUT2D eigenvalue weighted by molar-refractivity contribution is 0.0955. The number of halogens is 2. The number of hydrogen-bond donors (Lipinski definition) is 3. The molecular formula is C14H11Br2N3O2. The van der Waals surface area contributed by atoms with Gasteiger partial charge in [-0.05, 0) is 73.8 Å². The van der Waals surface area contributed by atoms with Crippen LogP contribution in [0, 0.1) is 0 Å². The monoisotopic (exact) mass is 411 g/mol. The van der Waals surface area contributed by atoms with Crippen LogP contribution in [0.4, 0.5) is 5.69 Å². The van der Waals surface area contributed by atoms with E-state index in [1.807, 2.05) is 0 Å². The van der Waals surface area contributed by atoms with Crippen LogP contribution >= 0.6 is 31.9 Å². The summed E-state index contributed by atoms with van der Waals surface area (Å²) in [5.41, 5.74) is 9.74. The molecule has 2 aromatic rings. The number of carbonyl (C=O) groups excluding carboxylic acids is 1. The van der Waals surface area contributed by atoms with Crippen molar-refractivity contribution in [3.05, 3.63) is 56.5 Å². The maximum atomic E-state index is 11.8. The highest BCUT2D eigenvalue weighted by Gasteiger charge is 2.05. The highest BCUT2D eigenvalue weighted by atomic mass is 79.9. The molecule has 108 valence electrons. The zero-order chi connectivity index (χ0) is 15.4. The highest BCUT2D eigenvalue weighted by Crippen LogP contribution is 2.32. The van der Waals surface area contributed by atoms with Crippen LogP contribution in [0.2, 0.25) is 0 Å². The molecule has 0 radical (unpaired) electrons. The largest absolute Gasteiger partial charge is 0.506 e. The second kappa shape index (κ2) is 6.73. The molecule has 0 atom stereocenters. The van der Waals surface area contributed by atoms with E-state index in [0.29, 0.717) is 25.8 Å². The first-order valence-corrected chi connectivity index (χ1v) is 7.43. The summed E-state index contributed by atoms with van der Waals surface area (Å²) >= 11 is 6.44. The van der Waals surface area contributed by atoms with Crippen LogP contribution in [0.15, 0.2) is 50.4 Å². The van der Waals surface area contributed by atoms with Gasteiger partial charge in [-0.2, -0.15) is 5.10 Å². The summed E-state index contributed by atoms with van der Waals surface area (Å²) in [6.45, 7) is 0. The first-order chi connectivity index (χ1) is 9.97. The number of nitrogens with two attached hydrogens (primary N) is 1. The van der Waals surface area contributed by atoms with Crippen LogP contribution in [-0.4, -0.2) is 17.2 Å². The zero-order valence-corrected chi connectivity index (χ0v) is 13.8. The molecule has 2 rings (SSSR count). The van der Waals surface area contributed by atoms with Gasteiger partial charge in [-0.25, -0.2) is 5.43 Å². The first kappa shape index (κ1) is 15.5. The van der Waals surface area contributed by atoms with E-state index in [1.54, 1.807) is 36.4 Å². The van der Waals surface area contributed by atoms with Gasteiger partial charge in [0.1, 0.15) is 5.75 Å². The Labute approximate surface area is 138 Å². The molecule has 0 saturated carbocycles. The third kappa shape index (κ3) is 4.05. The minimum Gasteiger partial charge on any atom is -0.506 e.